The number of amides is 2. The number of nitro benzene ring substituents is 1. The fourth-order valence-electron chi connectivity index (χ4n) is 2.24. The molecule has 0 unspecified atom stereocenters. The first-order chi connectivity index (χ1) is 11.4. The van der Waals surface area contributed by atoms with Crippen molar-refractivity contribution in [1.29, 1.82) is 0 Å². The number of hydrogen-bond acceptors (Lipinski definition) is 4. The SMILES string of the molecule is CCN(C(=O)C(=O)Nc1cccc([N+](=O)[O-])c1)c1cccc(C)c1. The number of carbonyl (C=O) groups is 2. The fourth-order valence-corrected chi connectivity index (χ4v) is 2.24. The Balaban J connectivity index is 2.17. The lowest BCUT2D eigenvalue weighted by molar-refractivity contribution is -0.384. The zero-order chi connectivity index (χ0) is 17.7. The predicted octanol–water partition coefficient (Wildman–Crippen LogP) is 2.89. The van der Waals surface area contributed by atoms with Crippen LogP contribution >= 0.6 is 0 Å². The van der Waals surface area contributed by atoms with E-state index < -0.39 is 16.7 Å². The lowest BCUT2D eigenvalue weighted by Crippen LogP contribution is -2.39. The second-order valence-corrected chi connectivity index (χ2v) is 5.15. The van der Waals surface area contributed by atoms with Crippen molar-refractivity contribution < 1.29 is 14.5 Å². The molecule has 0 heterocycles. The summed E-state index contributed by atoms with van der Waals surface area (Å²) in [4.78, 5) is 36.1. The first kappa shape index (κ1) is 17.1. The van der Waals surface area contributed by atoms with Crippen LogP contribution in [0.15, 0.2) is 48.5 Å². The van der Waals surface area contributed by atoms with Crippen molar-refractivity contribution >= 4 is 28.9 Å². The molecule has 0 fully saturated rings. The molecule has 7 nitrogen and oxygen atoms in total. The van der Waals surface area contributed by atoms with Gasteiger partial charge < -0.3 is 10.2 Å². The summed E-state index contributed by atoms with van der Waals surface area (Å²) in [6.07, 6.45) is 0. The minimum absolute atomic E-state index is 0.161. The van der Waals surface area contributed by atoms with E-state index in [0.29, 0.717) is 12.2 Å². The molecule has 124 valence electrons. The van der Waals surface area contributed by atoms with Gasteiger partial charge in [-0.05, 0) is 37.6 Å². The van der Waals surface area contributed by atoms with Crippen LogP contribution in [0, 0.1) is 17.0 Å². The van der Waals surface area contributed by atoms with E-state index in [4.69, 9.17) is 0 Å². The van der Waals surface area contributed by atoms with Crippen LogP contribution < -0.4 is 10.2 Å². The normalized spacial score (nSPS) is 10.1. The molecule has 0 saturated carbocycles. The van der Waals surface area contributed by atoms with Crippen molar-refractivity contribution in [2.75, 3.05) is 16.8 Å². The highest BCUT2D eigenvalue weighted by Gasteiger charge is 2.22. The van der Waals surface area contributed by atoms with E-state index in [0.717, 1.165) is 5.56 Å². The van der Waals surface area contributed by atoms with E-state index in [1.54, 1.807) is 19.1 Å². The first-order valence-electron chi connectivity index (χ1n) is 7.36. The van der Waals surface area contributed by atoms with E-state index in [9.17, 15) is 19.7 Å². The molecule has 0 atom stereocenters. The number of non-ortho nitro benzene ring substituents is 1. The van der Waals surface area contributed by atoms with Gasteiger partial charge >= 0.3 is 11.8 Å². The Morgan fingerprint density at radius 2 is 1.88 bits per heavy atom. The van der Waals surface area contributed by atoms with Crippen molar-refractivity contribution in [3.63, 3.8) is 0 Å². The number of hydrogen-bond donors (Lipinski definition) is 1. The molecule has 2 amide bonds. The lowest BCUT2D eigenvalue weighted by atomic mass is 10.2. The summed E-state index contributed by atoms with van der Waals surface area (Å²) in [6.45, 7) is 3.98. The van der Waals surface area contributed by atoms with Crippen LogP contribution in [-0.4, -0.2) is 23.3 Å². The van der Waals surface area contributed by atoms with E-state index >= 15 is 0 Å². The Kier molecular flexibility index (Phi) is 5.26. The van der Waals surface area contributed by atoms with E-state index in [1.165, 1.54) is 29.2 Å². The van der Waals surface area contributed by atoms with Crippen molar-refractivity contribution in [1.82, 2.24) is 0 Å². The smallest absolute Gasteiger partial charge is 0.316 e. The summed E-state index contributed by atoms with van der Waals surface area (Å²) < 4.78 is 0. The number of nitrogens with zero attached hydrogens (tertiary/aromatic N) is 2. The van der Waals surface area contributed by atoms with Gasteiger partial charge in [0.1, 0.15) is 0 Å². The van der Waals surface area contributed by atoms with Gasteiger partial charge in [0.25, 0.3) is 5.69 Å². The monoisotopic (exact) mass is 327 g/mol. The van der Waals surface area contributed by atoms with Gasteiger partial charge in [0.2, 0.25) is 0 Å². The van der Waals surface area contributed by atoms with Gasteiger partial charge in [0, 0.05) is 30.1 Å². The van der Waals surface area contributed by atoms with E-state index in [2.05, 4.69) is 5.32 Å². The highest BCUT2D eigenvalue weighted by molar-refractivity contribution is 6.44. The highest BCUT2D eigenvalue weighted by Crippen LogP contribution is 2.19. The average Bonchev–Trinajstić information content (AvgIpc) is 2.55. The highest BCUT2D eigenvalue weighted by atomic mass is 16.6. The maximum atomic E-state index is 12.4. The lowest BCUT2D eigenvalue weighted by Gasteiger charge is -2.20. The summed E-state index contributed by atoms with van der Waals surface area (Å²) in [6, 6.07) is 12.7. The van der Waals surface area contributed by atoms with Gasteiger partial charge in [-0.1, -0.05) is 18.2 Å². The molecule has 0 aliphatic rings. The Bertz CT molecular complexity index is 789. The maximum Gasteiger partial charge on any atom is 0.316 e. The topological polar surface area (TPSA) is 92.6 Å². The molecule has 0 aliphatic carbocycles. The Labute approximate surface area is 139 Å². The van der Waals surface area contributed by atoms with E-state index in [1.807, 2.05) is 19.1 Å². The van der Waals surface area contributed by atoms with Crippen LogP contribution in [0.3, 0.4) is 0 Å². The standard InChI is InChI=1S/C17H17N3O4/c1-3-19(14-8-4-6-12(2)10-14)17(22)16(21)18-13-7-5-9-15(11-13)20(23)24/h4-11H,3H2,1-2H3,(H,18,21). The van der Waals surface area contributed by atoms with Crippen LogP contribution in [0.5, 0.6) is 0 Å². The van der Waals surface area contributed by atoms with Gasteiger partial charge in [-0.15, -0.1) is 0 Å². The van der Waals surface area contributed by atoms with Gasteiger partial charge in [-0.25, -0.2) is 0 Å². The van der Waals surface area contributed by atoms with Crippen LogP contribution in [0.1, 0.15) is 12.5 Å². The number of rotatable bonds is 4. The number of likely N-dealkylation sites (N-methyl/N-ethyl adjacent to an activating group) is 1. The molecule has 1 N–H and O–H groups in total. The minimum Gasteiger partial charge on any atom is -0.318 e. The summed E-state index contributed by atoms with van der Waals surface area (Å²) in [5.41, 5.74) is 1.63. The second-order valence-electron chi connectivity index (χ2n) is 5.15. The van der Waals surface area contributed by atoms with Crippen LogP contribution in [0.2, 0.25) is 0 Å². The quantitative estimate of drug-likeness (QED) is 0.531. The number of nitro groups is 1. The van der Waals surface area contributed by atoms with Crippen molar-refractivity contribution in [3.05, 3.63) is 64.2 Å². The zero-order valence-corrected chi connectivity index (χ0v) is 13.4. The molecule has 0 radical (unpaired) electrons. The van der Waals surface area contributed by atoms with Crippen molar-refractivity contribution in [2.45, 2.75) is 13.8 Å². The average molecular weight is 327 g/mol. The Morgan fingerprint density at radius 3 is 2.50 bits per heavy atom. The molecular weight excluding hydrogens is 310 g/mol. The maximum absolute atomic E-state index is 12.4. The largest absolute Gasteiger partial charge is 0.318 e. The number of anilines is 2. The van der Waals surface area contributed by atoms with Crippen molar-refractivity contribution in [3.8, 4) is 0 Å². The third-order valence-corrected chi connectivity index (χ3v) is 3.38. The predicted molar refractivity (Wildman–Crippen MR) is 90.9 cm³/mol. The number of carbonyl (C=O) groups excluding carboxylic acids is 2. The van der Waals surface area contributed by atoms with E-state index in [-0.39, 0.29) is 11.4 Å². The van der Waals surface area contributed by atoms with Crippen LogP contribution in [-0.2, 0) is 9.59 Å². The summed E-state index contributed by atoms with van der Waals surface area (Å²) >= 11 is 0. The van der Waals surface area contributed by atoms with Gasteiger partial charge in [-0.3, -0.25) is 19.7 Å². The molecule has 2 rings (SSSR count). The molecule has 2 aromatic carbocycles. The molecule has 7 heteroatoms. The summed E-state index contributed by atoms with van der Waals surface area (Å²) in [5.74, 6) is -1.58. The summed E-state index contributed by atoms with van der Waals surface area (Å²) in [7, 11) is 0. The number of nitrogens with one attached hydrogen (secondary N) is 1. The van der Waals surface area contributed by atoms with Crippen molar-refractivity contribution in [2.24, 2.45) is 0 Å². The minimum atomic E-state index is -0.848. The van der Waals surface area contributed by atoms with Gasteiger partial charge in [0.15, 0.2) is 0 Å². The fraction of sp³-hybridized carbons (Fsp3) is 0.176. The summed E-state index contributed by atoms with van der Waals surface area (Å²) in [5, 5.41) is 13.2. The van der Waals surface area contributed by atoms with Crippen LogP contribution in [0.25, 0.3) is 0 Å². The van der Waals surface area contributed by atoms with Gasteiger partial charge in [-0.2, -0.15) is 0 Å². The van der Waals surface area contributed by atoms with Crippen LogP contribution in [0.4, 0.5) is 17.1 Å². The first-order valence-corrected chi connectivity index (χ1v) is 7.36. The third-order valence-electron chi connectivity index (χ3n) is 3.38. The second kappa shape index (κ2) is 7.36. The molecule has 2 aromatic rings. The molecule has 0 aromatic heterocycles. The molecular formula is C17H17N3O4. The van der Waals surface area contributed by atoms with Gasteiger partial charge in [0.05, 0.1) is 4.92 Å². The molecule has 0 bridgehead atoms. The Hall–Kier alpha value is -3.22. The zero-order valence-electron chi connectivity index (χ0n) is 13.4. The third kappa shape index (κ3) is 3.95. The number of benzene rings is 2. The molecule has 0 spiro atoms. The molecule has 0 aliphatic heterocycles. The Morgan fingerprint density at radius 1 is 1.17 bits per heavy atom. The molecule has 0 saturated heterocycles. The number of aryl methyl sites for hydroxylation is 1. The molecule has 24 heavy (non-hydrogen) atoms.